The van der Waals surface area contributed by atoms with Gasteiger partial charge >= 0.3 is 41.3 Å². The summed E-state index contributed by atoms with van der Waals surface area (Å²) in [5.41, 5.74) is 11.5. The maximum Gasteiger partial charge on any atom is 0.0779 e. The first-order chi connectivity index (χ1) is 15.5. The zero-order chi connectivity index (χ0) is 26.0. The zero-order valence-electron chi connectivity index (χ0n) is 24.4. The van der Waals surface area contributed by atoms with Gasteiger partial charge in [-0.25, -0.2) is 0 Å². The number of aryl methyl sites for hydroxylation is 4. The maximum atomic E-state index is 3.73. The molecule has 0 heterocycles. The Kier molecular flexibility index (Phi) is 13.9. The first-order valence-corrected chi connectivity index (χ1v) is 20.7. The van der Waals surface area contributed by atoms with Crippen LogP contribution < -0.4 is 35.2 Å². The number of benzene rings is 2. The molecule has 0 atom stereocenters. The molecule has 0 amide bonds. The summed E-state index contributed by atoms with van der Waals surface area (Å²) >= 11 is 1.55. The fraction of sp³-hybridized carbons (Fsp3) is 0.419. The van der Waals surface area contributed by atoms with Gasteiger partial charge in [-0.05, 0) is 18.9 Å². The monoisotopic (exact) mass is 632 g/mol. The van der Waals surface area contributed by atoms with Crippen molar-refractivity contribution in [3.63, 3.8) is 0 Å². The van der Waals surface area contributed by atoms with Gasteiger partial charge in [0.25, 0.3) is 0 Å². The van der Waals surface area contributed by atoms with Gasteiger partial charge in [-0.1, -0.05) is 88.5 Å². The molecule has 1 aliphatic carbocycles. The molecule has 3 aromatic rings. The van der Waals surface area contributed by atoms with Crippen LogP contribution in [0.4, 0.5) is 0 Å². The second-order valence-electron chi connectivity index (χ2n) is 12.1. The minimum absolute atomic E-state index is 0. The average Bonchev–Trinajstić information content (AvgIpc) is 3.20. The molecule has 0 saturated carbocycles. The molecule has 0 radical (unpaired) electrons. The number of halogens is 2. The third-order valence-electron chi connectivity index (χ3n) is 6.39. The smallest absolute Gasteiger partial charge is 0.0779 e. The standard InChI is InChI=1S/C21H29Si2.C7H9.C3H6.2ClH.Zr/c1-14-9-16-11-17-10-15(2)21(23(6,7)8)13-19(17)18(16)12-20(14)22(3,4)5;1-6-4-3-5-7(6)2;1-3-2;;;/h9,12-13H,11H2,1-8H3;3-5H,1-2H3;1-2H3;2*1H;/q2*-1;;;;+2/p-2. The second-order valence-corrected chi connectivity index (χ2v) is 24.6. The molecule has 4 rings (SSSR count). The molecular weight excluding hydrogens is 591 g/mol. The minimum Gasteiger partial charge on any atom is -1.00 e. The molecule has 0 N–H and O–H groups in total. The summed E-state index contributed by atoms with van der Waals surface area (Å²) in [6.07, 6.45) is 1.06. The molecule has 0 fully saturated rings. The van der Waals surface area contributed by atoms with Gasteiger partial charge in [0.15, 0.2) is 0 Å². The molecule has 0 unspecified atom stereocenters. The summed E-state index contributed by atoms with van der Waals surface area (Å²) < 4.78 is 1.51. The van der Waals surface area contributed by atoms with Crippen molar-refractivity contribution in [3.8, 4) is 11.1 Å². The average molecular weight is 635 g/mol. The minimum atomic E-state index is -1.33. The summed E-state index contributed by atoms with van der Waals surface area (Å²) in [5, 5.41) is 3.18. The van der Waals surface area contributed by atoms with E-state index in [-0.39, 0.29) is 24.8 Å². The molecule has 0 nitrogen and oxygen atoms in total. The molecular formula is C31H44Cl2Si2Zr-2. The van der Waals surface area contributed by atoms with Crippen LogP contribution in [0.15, 0.2) is 36.4 Å². The van der Waals surface area contributed by atoms with Crippen LogP contribution in [0.3, 0.4) is 0 Å². The first kappa shape index (κ1) is 35.6. The molecule has 36 heavy (non-hydrogen) atoms. The fourth-order valence-corrected chi connectivity index (χ4v) is 8.22. The van der Waals surface area contributed by atoms with Gasteiger partial charge in [0.05, 0.1) is 8.07 Å². The largest absolute Gasteiger partial charge is 1.00 e. The quantitative estimate of drug-likeness (QED) is 0.232. The molecule has 1 aliphatic rings. The molecule has 196 valence electrons. The van der Waals surface area contributed by atoms with Crippen molar-refractivity contribution in [2.75, 3.05) is 0 Å². The molecule has 0 saturated heterocycles. The van der Waals surface area contributed by atoms with Gasteiger partial charge in [0.1, 0.15) is 0 Å². The molecule has 5 heteroatoms. The number of hydrogen-bond acceptors (Lipinski definition) is 0. The van der Waals surface area contributed by atoms with E-state index in [9.17, 15) is 0 Å². The van der Waals surface area contributed by atoms with Crippen LogP contribution in [-0.4, -0.2) is 19.4 Å². The van der Waals surface area contributed by atoms with Crippen LogP contribution in [0.1, 0.15) is 47.2 Å². The number of rotatable bonds is 2. The Morgan fingerprint density at radius 1 is 0.750 bits per heavy atom. The Hall–Kier alpha value is -0.443. The van der Waals surface area contributed by atoms with E-state index in [0.717, 1.165) is 6.42 Å². The van der Waals surface area contributed by atoms with Gasteiger partial charge < -0.3 is 24.8 Å². The van der Waals surface area contributed by atoms with Crippen molar-refractivity contribution >= 4 is 29.7 Å². The van der Waals surface area contributed by atoms with E-state index in [1.54, 1.807) is 34.6 Å². The molecule has 3 aromatic carbocycles. The van der Waals surface area contributed by atoms with Crippen molar-refractivity contribution in [3.05, 3.63) is 75.8 Å². The predicted molar refractivity (Wildman–Crippen MR) is 157 cm³/mol. The molecule has 0 aliphatic heterocycles. The van der Waals surface area contributed by atoms with Gasteiger partial charge in [0.2, 0.25) is 0 Å². The van der Waals surface area contributed by atoms with Crippen LogP contribution in [-0.2, 0) is 30.7 Å². The second kappa shape index (κ2) is 14.1. The van der Waals surface area contributed by atoms with Crippen molar-refractivity contribution in [1.29, 1.82) is 0 Å². The third kappa shape index (κ3) is 9.39. The Labute approximate surface area is 251 Å². The normalized spacial score (nSPS) is 11.5. The van der Waals surface area contributed by atoms with E-state index in [2.05, 4.69) is 123 Å². The predicted octanol–water partition coefficient (Wildman–Crippen LogP) is 1.54. The van der Waals surface area contributed by atoms with Crippen molar-refractivity contribution in [2.24, 2.45) is 0 Å². The van der Waals surface area contributed by atoms with Crippen molar-refractivity contribution < 1.29 is 49.0 Å². The van der Waals surface area contributed by atoms with Crippen LogP contribution in [0, 0.1) is 33.8 Å². The summed E-state index contributed by atoms with van der Waals surface area (Å²) in [7, 11) is -2.63. The first-order valence-electron chi connectivity index (χ1n) is 12.4. The summed E-state index contributed by atoms with van der Waals surface area (Å²) in [6, 6.07) is 17.5. The van der Waals surface area contributed by atoms with Crippen LogP contribution in [0.5, 0.6) is 0 Å². The summed E-state index contributed by atoms with van der Waals surface area (Å²) in [5.74, 6) is 0. The third-order valence-corrected chi connectivity index (χ3v) is 10.7. The van der Waals surface area contributed by atoms with E-state index < -0.39 is 16.1 Å². The molecule has 0 aromatic heterocycles. The Bertz CT molecular complexity index is 1090. The van der Waals surface area contributed by atoms with Gasteiger partial charge in [-0.2, -0.15) is 52.2 Å². The van der Waals surface area contributed by atoms with Gasteiger partial charge in [0, 0.05) is 8.07 Å². The molecule has 0 spiro atoms. The SMILES string of the molecule is C[C](C)=[Zr+2].Cc1[c-]c2c(cc1[Si](C)(C)C)-c1cc([Si](C)(C)C)c(C)cc1C2.Cc1c[cH-]cc1C.[Cl-].[Cl-]. The van der Waals surface area contributed by atoms with Crippen molar-refractivity contribution in [2.45, 2.75) is 87.2 Å². The van der Waals surface area contributed by atoms with Gasteiger partial charge in [-0.15, -0.1) is 11.1 Å². The van der Waals surface area contributed by atoms with Crippen molar-refractivity contribution in [1.82, 2.24) is 0 Å². The molecule has 0 bridgehead atoms. The van der Waals surface area contributed by atoms with Gasteiger partial charge in [-0.3, -0.25) is 0 Å². The Balaban J connectivity index is 0.000000790. The number of fused-ring (bicyclic) bond motifs is 3. The topological polar surface area (TPSA) is 0 Å². The van der Waals surface area contributed by atoms with Crippen LogP contribution in [0.2, 0.25) is 39.3 Å². The maximum absolute atomic E-state index is 3.73. The zero-order valence-corrected chi connectivity index (χ0v) is 30.4. The van der Waals surface area contributed by atoms with E-state index in [1.807, 2.05) is 0 Å². The fourth-order valence-electron chi connectivity index (χ4n) is 4.62. The van der Waals surface area contributed by atoms with Crippen LogP contribution in [0.25, 0.3) is 11.1 Å². The van der Waals surface area contributed by atoms with E-state index in [4.69, 9.17) is 0 Å². The number of hydrogen-bond donors (Lipinski definition) is 0. The van der Waals surface area contributed by atoms with Crippen LogP contribution >= 0.6 is 0 Å². The Morgan fingerprint density at radius 2 is 1.19 bits per heavy atom. The summed E-state index contributed by atoms with van der Waals surface area (Å²) in [6.45, 7) is 27.7. The van der Waals surface area contributed by atoms with E-state index in [1.165, 1.54) is 47.7 Å². The summed E-state index contributed by atoms with van der Waals surface area (Å²) in [4.78, 5) is 0. The Morgan fingerprint density at radius 3 is 1.58 bits per heavy atom. The van der Waals surface area contributed by atoms with E-state index >= 15 is 0 Å². The van der Waals surface area contributed by atoms with E-state index in [0.29, 0.717) is 0 Å².